The van der Waals surface area contributed by atoms with Crippen molar-refractivity contribution in [1.82, 2.24) is 0 Å². The van der Waals surface area contributed by atoms with Crippen LogP contribution in [0.2, 0.25) is 0 Å². The zero-order chi connectivity index (χ0) is 32.4. The quantitative estimate of drug-likeness (QED) is 0.170. The molecule has 3 heterocycles. The maximum atomic E-state index is 13.6. The van der Waals surface area contributed by atoms with Crippen LogP contribution in [0.5, 0.6) is 0 Å². The van der Waals surface area contributed by atoms with Crippen LogP contribution in [0.1, 0.15) is 79.2 Å². The van der Waals surface area contributed by atoms with Crippen molar-refractivity contribution in [1.29, 1.82) is 0 Å². The molecule has 2 saturated carbocycles. The van der Waals surface area contributed by atoms with Crippen molar-refractivity contribution in [3.63, 3.8) is 0 Å². The number of rotatable bonds is 8. The number of allylic oxidation sites excluding steroid dienone is 1. The Bertz CT molecular complexity index is 1380. The van der Waals surface area contributed by atoms with Crippen molar-refractivity contribution >= 4 is 23.9 Å². The smallest absolute Gasteiger partial charge is 0.330 e. The Kier molecular flexibility index (Phi) is 7.92. The molecule has 0 bridgehead atoms. The number of epoxide rings is 1. The minimum atomic E-state index is -1.15. The number of cyclic esters (lactones) is 1. The molecule has 2 aliphatic carbocycles. The number of carbonyl (C=O) groups excluding carboxylic acids is 4. The van der Waals surface area contributed by atoms with Crippen molar-refractivity contribution in [2.45, 2.75) is 103 Å². The van der Waals surface area contributed by atoms with E-state index in [4.69, 9.17) is 28.1 Å². The highest BCUT2D eigenvalue weighted by Gasteiger charge is 2.84. The summed E-state index contributed by atoms with van der Waals surface area (Å²) in [7, 11) is 1.30. The Hall–Kier alpha value is -3.40. The van der Waals surface area contributed by atoms with Gasteiger partial charge >= 0.3 is 23.9 Å². The lowest BCUT2D eigenvalue weighted by molar-refractivity contribution is -0.211. The number of ether oxygens (including phenoxy) is 5. The molecule has 1 aromatic heterocycles. The molecule has 1 aromatic rings. The zero-order valence-electron chi connectivity index (χ0n) is 26.8. The van der Waals surface area contributed by atoms with E-state index in [1.165, 1.54) is 20.1 Å². The fourth-order valence-electron chi connectivity index (χ4n) is 8.70. The molecule has 0 radical (unpaired) electrons. The third-order valence-corrected chi connectivity index (χ3v) is 11.1. The third kappa shape index (κ3) is 4.63. The van der Waals surface area contributed by atoms with Crippen LogP contribution in [0.25, 0.3) is 0 Å². The van der Waals surface area contributed by atoms with E-state index in [0.29, 0.717) is 18.4 Å². The molecule has 3 fully saturated rings. The summed E-state index contributed by atoms with van der Waals surface area (Å²) in [5.41, 5.74) is -2.49. The van der Waals surface area contributed by atoms with E-state index in [2.05, 4.69) is 6.58 Å². The highest BCUT2D eigenvalue weighted by molar-refractivity contribution is 5.83. The Labute approximate surface area is 258 Å². The number of methoxy groups -OCH3 is 1. The van der Waals surface area contributed by atoms with Gasteiger partial charge in [0.15, 0.2) is 0 Å². The summed E-state index contributed by atoms with van der Waals surface area (Å²) in [5.74, 6) is -4.03. The van der Waals surface area contributed by atoms with E-state index in [1.807, 2.05) is 26.8 Å². The van der Waals surface area contributed by atoms with E-state index in [9.17, 15) is 19.2 Å². The van der Waals surface area contributed by atoms with Gasteiger partial charge in [-0.25, -0.2) is 4.79 Å². The van der Waals surface area contributed by atoms with Gasteiger partial charge in [-0.05, 0) is 43.9 Å². The first kappa shape index (κ1) is 32.0. The molecule has 10 atom stereocenters. The summed E-state index contributed by atoms with van der Waals surface area (Å²) in [5, 5.41) is 0. The summed E-state index contributed by atoms with van der Waals surface area (Å²) in [4.78, 5) is 52.3. The minimum Gasteiger partial charge on any atom is -0.472 e. The second kappa shape index (κ2) is 10.9. The molecule has 5 rings (SSSR count). The van der Waals surface area contributed by atoms with Gasteiger partial charge in [-0.1, -0.05) is 40.3 Å². The molecule has 44 heavy (non-hydrogen) atoms. The molecule has 1 saturated heterocycles. The van der Waals surface area contributed by atoms with Gasteiger partial charge in [0, 0.05) is 36.2 Å². The molecule has 0 unspecified atom stereocenters. The molecule has 10 nitrogen and oxygen atoms in total. The number of esters is 4. The maximum Gasteiger partial charge on any atom is 0.330 e. The predicted octanol–water partition coefficient (Wildman–Crippen LogP) is 5.06. The van der Waals surface area contributed by atoms with E-state index in [0.717, 1.165) is 5.56 Å². The Morgan fingerprint density at radius 3 is 2.45 bits per heavy atom. The van der Waals surface area contributed by atoms with Crippen LogP contribution in [0, 0.1) is 28.6 Å². The summed E-state index contributed by atoms with van der Waals surface area (Å²) in [6.45, 7) is 17.1. The van der Waals surface area contributed by atoms with Crippen molar-refractivity contribution in [3.8, 4) is 0 Å². The van der Waals surface area contributed by atoms with Gasteiger partial charge in [0.25, 0.3) is 0 Å². The van der Waals surface area contributed by atoms with Crippen LogP contribution < -0.4 is 0 Å². The Morgan fingerprint density at radius 2 is 1.86 bits per heavy atom. The van der Waals surface area contributed by atoms with Gasteiger partial charge in [0.05, 0.1) is 43.5 Å². The van der Waals surface area contributed by atoms with Gasteiger partial charge in [-0.15, -0.1) is 0 Å². The summed E-state index contributed by atoms with van der Waals surface area (Å²) in [6.07, 6.45) is 5.17. The van der Waals surface area contributed by atoms with Crippen LogP contribution >= 0.6 is 0 Å². The molecule has 240 valence electrons. The summed E-state index contributed by atoms with van der Waals surface area (Å²) < 4.78 is 35.6. The standard InChI is InChI=1S/C34H44O10/c1-10-18(2)30(38)42-29-28(41-20(4)35)27(32(7)13-11-25(36)44-31(5,6)23(32)16-26(37)39-9)19(3)34-24(43-34)15-22(33(29,34)8)21-12-14-40-17-21/h11-14,17-18,22-24,27-29H,3,10,15-16H2,1-2,4-9H3/t18-,22-,23-,24+,27+,28+,29-,32+,33+,34+/m0/s1. The fraction of sp³-hybridized carbons (Fsp3) is 0.647. The summed E-state index contributed by atoms with van der Waals surface area (Å²) in [6, 6.07) is 1.89. The predicted molar refractivity (Wildman–Crippen MR) is 157 cm³/mol. The van der Waals surface area contributed by atoms with E-state index >= 15 is 0 Å². The molecule has 0 aromatic carbocycles. The van der Waals surface area contributed by atoms with Crippen LogP contribution in [-0.4, -0.2) is 60.5 Å². The van der Waals surface area contributed by atoms with Crippen LogP contribution in [0.4, 0.5) is 0 Å². The van der Waals surface area contributed by atoms with E-state index in [1.54, 1.807) is 39.4 Å². The van der Waals surface area contributed by atoms with Gasteiger partial charge in [-0.3, -0.25) is 14.4 Å². The van der Waals surface area contributed by atoms with Crippen molar-refractivity contribution < 1.29 is 47.3 Å². The fourth-order valence-corrected chi connectivity index (χ4v) is 8.70. The van der Waals surface area contributed by atoms with Gasteiger partial charge in [-0.2, -0.15) is 0 Å². The van der Waals surface area contributed by atoms with Crippen LogP contribution in [0.15, 0.2) is 47.3 Å². The van der Waals surface area contributed by atoms with Crippen LogP contribution in [-0.2, 0) is 42.9 Å². The number of hydrogen-bond acceptors (Lipinski definition) is 10. The van der Waals surface area contributed by atoms with Crippen molar-refractivity contribution in [2.75, 3.05) is 7.11 Å². The number of hydrogen-bond donors (Lipinski definition) is 0. The third-order valence-electron chi connectivity index (χ3n) is 11.1. The zero-order valence-corrected chi connectivity index (χ0v) is 26.8. The van der Waals surface area contributed by atoms with Gasteiger partial charge in [0.1, 0.15) is 23.4 Å². The number of furan rings is 1. The molecular formula is C34H44O10. The first-order valence-corrected chi connectivity index (χ1v) is 15.3. The topological polar surface area (TPSA) is 131 Å². The summed E-state index contributed by atoms with van der Waals surface area (Å²) >= 11 is 0. The first-order valence-electron chi connectivity index (χ1n) is 15.3. The molecule has 0 amide bonds. The molecule has 10 heteroatoms. The first-order chi connectivity index (χ1) is 20.6. The SMILES string of the molecule is C=C1[C@@H]([C@]2(C)C=CC(=O)OC(C)(C)[C@@H]2CC(=O)OC)[C@@H](OC(C)=O)[C@H](OC(=O)[C@@H](C)CC)[C@@]2(C)[C@H](c3ccoc3)C[C@H]3O[C@]132. The molecule has 1 spiro atoms. The molecule has 4 aliphatic rings. The number of carbonyl (C=O) groups is 4. The average molecular weight is 613 g/mol. The Morgan fingerprint density at radius 1 is 1.16 bits per heavy atom. The van der Waals surface area contributed by atoms with E-state index in [-0.39, 0.29) is 18.4 Å². The maximum absolute atomic E-state index is 13.6. The monoisotopic (exact) mass is 612 g/mol. The molecule has 0 N–H and O–H groups in total. The lowest BCUT2D eigenvalue weighted by atomic mass is 9.48. The highest BCUT2D eigenvalue weighted by atomic mass is 16.6. The Balaban J connectivity index is 1.75. The highest BCUT2D eigenvalue weighted by Crippen LogP contribution is 2.76. The van der Waals surface area contributed by atoms with Gasteiger partial charge < -0.3 is 28.1 Å². The lowest BCUT2D eigenvalue weighted by Gasteiger charge is -2.58. The molecule has 2 aliphatic heterocycles. The largest absolute Gasteiger partial charge is 0.472 e. The van der Waals surface area contributed by atoms with Gasteiger partial charge in [0.2, 0.25) is 0 Å². The molecular weight excluding hydrogens is 568 g/mol. The minimum absolute atomic E-state index is 0.0995. The second-order valence-electron chi connectivity index (χ2n) is 13.8. The normalized spacial score (nSPS) is 39.3. The lowest BCUT2D eigenvalue weighted by Crippen LogP contribution is -2.66. The van der Waals surface area contributed by atoms with Crippen molar-refractivity contribution in [2.24, 2.45) is 28.6 Å². The second-order valence-corrected chi connectivity index (χ2v) is 13.8. The van der Waals surface area contributed by atoms with Crippen LogP contribution in [0.3, 0.4) is 0 Å². The van der Waals surface area contributed by atoms with E-state index < -0.39 is 75.9 Å². The van der Waals surface area contributed by atoms with Crippen molar-refractivity contribution in [3.05, 3.63) is 48.5 Å². The average Bonchev–Trinajstić information content (AvgIpc) is 3.33.